The minimum absolute atomic E-state index is 0.159. The molecule has 0 aromatic carbocycles. The highest BCUT2D eigenvalue weighted by molar-refractivity contribution is 6.35. The van der Waals surface area contributed by atoms with Gasteiger partial charge in [-0.05, 0) is 6.07 Å². The standard InChI is InChI=1S/C8H4ClF3N2/c9-6-3-1-5(7(11)12)14-8(3)13-2-4(6)10/h1-2,7H,(H,13,14). The summed E-state index contributed by atoms with van der Waals surface area (Å²) in [7, 11) is 0. The van der Waals surface area contributed by atoms with E-state index in [1.165, 1.54) is 0 Å². The van der Waals surface area contributed by atoms with E-state index in [-0.39, 0.29) is 21.7 Å². The van der Waals surface area contributed by atoms with E-state index in [0.29, 0.717) is 0 Å². The molecule has 2 nitrogen and oxygen atoms in total. The third-order valence-corrected chi connectivity index (χ3v) is 2.19. The quantitative estimate of drug-likeness (QED) is 0.785. The summed E-state index contributed by atoms with van der Waals surface area (Å²) in [4.78, 5) is 5.95. The van der Waals surface area contributed by atoms with E-state index >= 15 is 0 Å². The number of aromatic amines is 1. The van der Waals surface area contributed by atoms with E-state index in [1.807, 2.05) is 0 Å². The van der Waals surface area contributed by atoms with Gasteiger partial charge in [-0.3, -0.25) is 0 Å². The molecule has 0 radical (unpaired) electrons. The molecule has 0 amide bonds. The average Bonchev–Trinajstić information content (AvgIpc) is 2.56. The summed E-state index contributed by atoms with van der Waals surface area (Å²) in [6.45, 7) is 0. The van der Waals surface area contributed by atoms with Crippen molar-refractivity contribution in [2.24, 2.45) is 0 Å². The summed E-state index contributed by atoms with van der Waals surface area (Å²) in [5.41, 5.74) is -0.160. The number of aromatic nitrogens is 2. The maximum absolute atomic E-state index is 12.9. The van der Waals surface area contributed by atoms with Crippen LogP contribution >= 0.6 is 11.6 Å². The van der Waals surface area contributed by atoms with Gasteiger partial charge in [0, 0.05) is 5.39 Å². The molecule has 1 N–H and O–H groups in total. The van der Waals surface area contributed by atoms with Gasteiger partial charge in [0.05, 0.1) is 16.9 Å². The Morgan fingerprint density at radius 2 is 2.14 bits per heavy atom. The van der Waals surface area contributed by atoms with Crippen LogP contribution in [0.4, 0.5) is 13.2 Å². The number of hydrogen-bond donors (Lipinski definition) is 1. The summed E-state index contributed by atoms with van der Waals surface area (Å²) >= 11 is 5.56. The Labute approximate surface area is 81.7 Å². The number of nitrogens with zero attached hydrogens (tertiary/aromatic N) is 1. The molecule has 0 saturated heterocycles. The Morgan fingerprint density at radius 1 is 1.43 bits per heavy atom. The van der Waals surface area contributed by atoms with Crippen LogP contribution in [-0.4, -0.2) is 9.97 Å². The molecule has 74 valence electrons. The van der Waals surface area contributed by atoms with Crippen LogP contribution in [0, 0.1) is 5.82 Å². The van der Waals surface area contributed by atoms with Crippen LogP contribution in [0.2, 0.25) is 5.02 Å². The van der Waals surface area contributed by atoms with Crippen molar-refractivity contribution in [1.29, 1.82) is 0 Å². The first-order chi connectivity index (χ1) is 6.59. The lowest BCUT2D eigenvalue weighted by Gasteiger charge is -1.93. The van der Waals surface area contributed by atoms with Gasteiger partial charge < -0.3 is 4.98 Å². The second-order valence-electron chi connectivity index (χ2n) is 2.71. The molecule has 6 heteroatoms. The Bertz CT molecular complexity index is 481. The summed E-state index contributed by atoms with van der Waals surface area (Å²) in [6.07, 6.45) is -1.76. The second kappa shape index (κ2) is 3.16. The van der Waals surface area contributed by atoms with Gasteiger partial charge in [0.15, 0.2) is 5.82 Å². The third-order valence-electron chi connectivity index (χ3n) is 1.81. The number of pyridine rings is 1. The number of halogens is 4. The average molecular weight is 221 g/mol. The first kappa shape index (κ1) is 9.33. The largest absolute Gasteiger partial charge is 0.338 e. The summed E-state index contributed by atoms with van der Waals surface area (Å²) < 4.78 is 37.3. The van der Waals surface area contributed by atoms with Gasteiger partial charge >= 0.3 is 0 Å². The van der Waals surface area contributed by atoms with E-state index in [2.05, 4.69) is 9.97 Å². The van der Waals surface area contributed by atoms with Crippen LogP contribution in [0.1, 0.15) is 12.1 Å². The zero-order valence-electron chi connectivity index (χ0n) is 6.69. The molecule has 0 unspecified atom stereocenters. The molecule has 14 heavy (non-hydrogen) atoms. The molecular formula is C8H4ClF3N2. The van der Waals surface area contributed by atoms with E-state index < -0.39 is 12.2 Å². The van der Waals surface area contributed by atoms with Crippen LogP contribution in [0.25, 0.3) is 11.0 Å². The van der Waals surface area contributed by atoms with Gasteiger partial charge in [0.1, 0.15) is 5.65 Å². The normalized spacial score (nSPS) is 11.5. The van der Waals surface area contributed by atoms with Crippen LogP contribution in [0.5, 0.6) is 0 Å². The van der Waals surface area contributed by atoms with Gasteiger partial charge in [0.2, 0.25) is 0 Å². The minimum atomic E-state index is -2.65. The summed E-state index contributed by atoms with van der Waals surface area (Å²) in [5.74, 6) is -0.723. The van der Waals surface area contributed by atoms with E-state index in [0.717, 1.165) is 12.3 Å². The highest BCUT2D eigenvalue weighted by Gasteiger charge is 2.14. The number of nitrogens with one attached hydrogen (secondary N) is 1. The molecule has 2 rings (SSSR count). The Hall–Kier alpha value is -1.23. The Morgan fingerprint density at radius 3 is 2.79 bits per heavy atom. The van der Waals surface area contributed by atoms with E-state index in [4.69, 9.17) is 11.6 Å². The molecule has 0 aliphatic carbocycles. The van der Waals surface area contributed by atoms with Crippen molar-refractivity contribution in [2.45, 2.75) is 6.43 Å². The smallest absolute Gasteiger partial charge is 0.278 e. The topological polar surface area (TPSA) is 28.7 Å². The van der Waals surface area contributed by atoms with Crippen LogP contribution in [-0.2, 0) is 0 Å². The Kier molecular flexibility index (Phi) is 2.11. The van der Waals surface area contributed by atoms with Gasteiger partial charge in [0.25, 0.3) is 6.43 Å². The summed E-state index contributed by atoms with van der Waals surface area (Å²) in [5, 5.41) is -0.0277. The van der Waals surface area contributed by atoms with Crippen molar-refractivity contribution in [3.8, 4) is 0 Å². The highest BCUT2D eigenvalue weighted by Crippen LogP contribution is 2.28. The fourth-order valence-electron chi connectivity index (χ4n) is 1.16. The lowest BCUT2D eigenvalue weighted by atomic mass is 10.3. The van der Waals surface area contributed by atoms with Crippen LogP contribution < -0.4 is 0 Å². The third kappa shape index (κ3) is 1.33. The van der Waals surface area contributed by atoms with Gasteiger partial charge in [-0.1, -0.05) is 11.6 Å². The van der Waals surface area contributed by atoms with Crippen LogP contribution in [0.3, 0.4) is 0 Å². The minimum Gasteiger partial charge on any atom is -0.338 e. The van der Waals surface area contributed by atoms with Crippen molar-refractivity contribution >= 4 is 22.6 Å². The van der Waals surface area contributed by atoms with Gasteiger partial charge in [-0.15, -0.1) is 0 Å². The van der Waals surface area contributed by atoms with Crippen molar-refractivity contribution in [3.05, 3.63) is 28.8 Å². The number of hydrogen-bond acceptors (Lipinski definition) is 1. The molecule has 0 spiro atoms. The monoisotopic (exact) mass is 220 g/mol. The zero-order valence-corrected chi connectivity index (χ0v) is 7.45. The molecule has 0 atom stereocenters. The second-order valence-corrected chi connectivity index (χ2v) is 3.09. The molecule has 2 aromatic rings. The van der Waals surface area contributed by atoms with Crippen molar-refractivity contribution in [1.82, 2.24) is 9.97 Å². The molecular weight excluding hydrogens is 217 g/mol. The molecule has 0 aliphatic rings. The van der Waals surface area contributed by atoms with Gasteiger partial charge in [-0.2, -0.15) is 0 Å². The number of fused-ring (bicyclic) bond motifs is 1. The zero-order chi connectivity index (χ0) is 10.3. The fourth-order valence-corrected chi connectivity index (χ4v) is 1.35. The number of rotatable bonds is 1. The molecule has 0 saturated carbocycles. The molecule has 0 fully saturated rings. The lowest BCUT2D eigenvalue weighted by molar-refractivity contribution is 0.147. The maximum Gasteiger partial charge on any atom is 0.278 e. The highest BCUT2D eigenvalue weighted by atomic mass is 35.5. The molecule has 2 aromatic heterocycles. The number of H-pyrrole nitrogens is 1. The van der Waals surface area contributed by atoms with Crippen molar-refractivity contribution in [3.63, 3.8) is 0 Å². The Balaban J connectivity index is 2.71. The molecule has 2 heterocycles. The maximum atomic E-state index is 12.9. The van der Waals surface area contributed by atoms with Crippen molar-refractivity contribution < 1.29 is 13.2 Å². The fraction of sp³-hybridized carbons (Fsp3) is 0.125. The van der Waals surface area contributed by atoms with E-state index in [9.17, 15) is 13.2 Å². The first-order valence-corrected chi connectivity index (χ1v) is 4.08. The molecule has 0 bridgehead atoms. The lowest BCUT2D eigenvalue weighted by Crippen LogP contribution is -1.83. The van der Waals surface area contributed by atoms with Gasteiger partial charge in [-0.25, -0.2) is 18.2 Å². The number of alkyl halides is 2. The predicted octanol–water partition coefficient (Wildman–Crippen LogP) is 3.29. The predicted molar refractivity (Wildman–Crippen MR) is 46.0 cm³/mol. The first-order valence-electron chi connectivity index (χ1n) is 3.70. The van der Waals surface area contributed by atoms with Crippen molar-refractivity contribution in [2.75, 3.05) is 0 Å². The van der Waals surface area contributed by atoms with E-state index in [1.54, 1.807) is 0 Å². The SMILES string of the molecule is Fc1cnc2[nH]c(C(F)F)cc2c1Cl. The molecule has 0 aliphatic heterocycles. The summed E-state index contributed by atoms with van der Waals surface area (Å²) in [6, 6.07) is 1.10. The van der Waals surface area contributed by atoms with Crippen LogP contribution in [0.15, 0.2) is 12.3 Å².